The molecule has 0 bridgehead atoms. The second-order valence-electron chi connectivity index (χ2n) is 7.99. The van der Waals surface area contributed by atoms with Crippen molar-refractivity contribution in [1.29, 1.82) is 0 Å². The fourth-order valence-electron chi connectivity index (χ4n) is 3.52. The zero-order valence-corrected chi connectivity index (χ0v) is 20.5. The quantitative estimate of drug-likeness (QED) is 0.436. The molecule has 34 heavy (non-hydrogen) atoms. The van der Waals surface area contributed by atoms with E-state index < -0.39 is 15.3 Å². The first-order valence-electron chi connectivity index (χ1n) is 11.1. The van der Waals surface area contributed by atoms with Gasteiger partial charge in [-0.2, -0.15) is 4.31 Å². The highest BCUT2D eigenvalue weighted by Crippen LogP contribution is 2.26. The summed E-state index contributed by atoms with van der Waals surface area (Å²) in [5.41, 5.74) is 1.76. The number of hydrogen-bond acceptors (Lipinski definition) is 6. The number of anilines is 1. The van der Waals surface area contributed by atoms with Gasteiger partial charge in [-0.15, -0.1) is 0 Å². The third-order valence-electron chi connectivity index (χ3n) is 5.45. The molecule has 1 aromatic heterocycles. The van der Waals surface area contributed by atoms with Crippen LogP contribution in [-0.2, 0) is 21.4 Å². The maximum Gasteiger partial charge on any atom is 0.244 e. The average molecular weight is 498 g/mol. The average Bonchev–Trinajstić information content (AvgIpc) is 3.41. The molecule has 0 radical (unpaired) electrons. The van der Waals surface area contributed by atoms with E-state index in [4.69, 9.17) is 4.74 Å². The first-order valence-corrected chi connectivity index (χ1v) is 13.4. The molecule has 0 spiro atoms. The second-order valence-corrected chi connectivity index (χ2v) is 11.3. The number of nitrogens with one attached hydrogen (secondary N) is 1. The molecule has 3 aromatic rings. The highest BCUT2D eigenvalue weighted by atomic mass is 32.2. The van der Waals surface area contributed by atoms with Gasteiger partial charge < -0.3 is 10.1 Å². The summed E-state index contributed by atoms with van der Waals surface area (Å²) in [5, 5.41) is 3.07. The Morgan fingerprint density at radius 2 is 1.76 bits per heavy atom. The van der Waals surface area contributed by atoms with Gasteiger partial charge in [-0.3, -0.25) is 4.79 Å². The lowest BCUT2D eigenvalue weighted by atomic mass is 10.2. The minimum atomic E-state index is -3.49. The maximum atomic E-state index is 12.6. The number of ether oxygens (including phenoxy) is 1. The van der Waals surface area contributed by atoms with Crippen molar-refractivity contribution in [3.63, 3.8) is 0 Å². The van der Waals surface area contributed by atoms with Crippen LogP contribution in [0.3, 0.4) is 0 Å². The third-order valence-corrected chi connectivity index (χ3v) is 8.38. The number of benzene rings is 2. The van der Waals surface area contributed by atoms with E-state index in [-0.39, 0.29) is 10.8 Å². The van der Waals surface area contributed by atoms with E-state index in [0.29, 0.717) is 30.4 Å². The lowest BCUT2D eigenvalue weighted by Gasteiger charge is -2.15. The smallest absolute Gasteiger partial charge is 0.244 e. The summed E-state index contributed by atoms with van der Waals surface area (Å²) in [4.78, 5) is 17.1. The zero-order valence-electron chi connectivity index (χ0n) is 18.9. The minimum Gasteiger partial charge on any atom is -0.489 e. The van der Waals surface area contributed by atoms with Gasteiger partial charge in [0.1, 0.15) is 17.3 Å². The number of sulfonamides is 1. The van der Waals surface area contributed by atoms with Crippen LogP contribution >= 0.6 is 11.8 Å². The number of hydrogen-bond donors (Lipinski definition) is 1. The Bertz CT molecular complexity index is 1200. The Hall–Kier alpha value is -2.88. The van der Waals surface area contributed by atoms with Gasteiger partial charge in [0.2, 0.25) is 15.9 Å². The van der Waals surface area contributed by atoms with Crippen molar-refractivity contribution in [2.45, 2.75) is 41.5 Å². The molecule has 7 nitrogen and oxygen atoms in total. The number of pyridine rings is 1. The van der Waals surface area contributed by atoms with Crippen molar-refractivity contribution in [2.24, 2.45) is 0 Å². The molecule has 1 amide bonds. The van der Waals surface area contributed by atoms with Crippen LogP contribution in [-0.4, -0.2) is 42.0 Å². The number of nitrogens with zero attached hydrogens (tertiary/aromatic N) is 2. The molecule has 1 aliphatic heterocycles. The molecule has 2 aromatic carbocycles. The Kier molecular flexibility index (Phi) is 7.87. The summed E-state index contributed by atoms with van der Waals surface area (Å²) in [5.74, 6) is 0.552. The zero-order chi connectivity index (χ0) is 24.0. The van der Waals surface area contributed by atoms with Crippen LogP contribution in [0.5, 0.6) is 5.75 Å². The molecule has 0 aliphatic carbocycles. The number of carbonyl (C=O) groups excluding carboxylic acids is 1. The van der Waals surface area contributed by atoms with E-state index in [0.717, 1.165) is 24.2 Å². The van der Waals surface area contributed by atoms with Crippen molar-refractivity contribution in [3.8, 4) is 5.75 Å². The van der Waals surface area contributed by atoms with Crippen molar-refractivity contribution >= 4 is 33.4 Å². The van der Waals surface area contributed by atoms with Gasteiger partial charge in [0.15, 0.2) is 0 Å². The fraction of sp³-hybridized carbons (Fsp3) is 0.280. The van der Waals surface area contributed by atoms with Gasteiger partial charge in [0.25, 0.3) is 0 Å². The van der Waals surface area contributed by atoms with Gasteiger partial charge in [0.05, 0.1) is 10.3 Å². The molecule has 1 atom stereocenters. The molecule has 1 aliphatic rings. The van der Waals surface area contributed by atoms with Crippen LogP contribution in [0.15, 0.2) is 82.8 Å². The molecule has 0 saturated carbocycles. The number of aromatic nitrogens is 1. The van der Waals surface area contributed by atoms with E-state index in [1.807, 2.05) is 42.5 Å². The summed E-state index contributed by atoms with van der Waals surface area (Å²) in [6.45, 7) is 3.37. The van der Waals surface area contributed by atoms with Gasteiger partial charge in [-0.25, -0.2) is 13.4 Å². The molecular formula is C25H27N3O4S2. The van der Waals surface area contributed by atoms with Crippen LogP contribution < -0.4 is 10.1 Å². The summed E-state index contributed by atoms with van der Waals surface area (Å²) in [6.07, 6.45) is 3.14. The van der Waals surface area contributed by atoms with Crippen LogP contribution in [0, 0.1) is 0 Å². The normalized spacial score (nSPS) is 15.1. The summed E-state index contributed by atoms with van der Waals surface area (Å²) < 4.78 is 32.5. The van der Waals surface area contributed by atoms with Crippen molar-refractivity contribution in [1.82, 2.24) is 9.29 Å². The Morgan fingerprint density at radius 3 is 2.41 bits per heavy atom. The van der Waals surface area contributed by atoms with Gasteiger partial charge in [-0.1, -0.05) is 42.1 Å². The van der Waals surface area contributed by atoms with Crippen molar-refractivity contribution in [3.05, 3.63) is 78.5 Å². The maximum absolute atomic E-state index is 12.6. The number of thioether (sulfide) groups is 1. The SMILES string of the molecule is C[C@@H](Sc1ccc(S(=O)(=O)N2CCCC2)cn1)C(=O)Nc1ccc(OCc2ccccc2)cc1. The van der Waals surface area contributed by atoms with Crippen LogP contribution in [0.4, 0.5) is 5.69 Å². The summed E-state index contributed by atoms with van der Waals surface area (Å²) in [6, 6.07) is 20.3. The van der Waals surface area contributed by atoms with E-state index in [1.54, 1.807) is 31.2 Å². The Balaban J connectivity index is 1.29. The van der Waals surface area contributed by atoms with E-state index in [2.05, 4.69) is 10.3 Å². The van der Waals surface area contributed by atoms with E-state index in [9.17, 15) is 13.2 Å². The number of amides is 1. The van der Waals surface area contributed by atoms with Crippen molar-refractivity contribution < 1.29 is 17.9 Å². The van der Waals surface area contributed by atoms with E-state index >= 15 is 0 Å². The molecule has 1 saturated heterocycles. The molecule has 1 N–H and O–H groups in total. The molecule has 4 rings (SSSR count). The minimum absolute atomic E-state index is 0.168. The molecule has 9 heteroatoms. The monoisotopic (exact) mass is 497 g/mol. The molecule has 2 heterocycles. The second kappa shape index (κ2) is 11.0. The van der Waals surface area contributed by atoms with Gasteiger partial charge in [-0.05, 0) is 61.7 Å². The number of rotatable bonds is 9. The summed E-state index contributed by atoms with van der Waals surface area (Å²) >= 11 is 1.28. The first-order chi connectivity index (χ1) is 16.4. The lowest BCUT2D eigenvalue weighted by Crippen LogP contribution is -2.28. The predicted molar refractivity (Wildman–Crippen MR) is 133 cm³/mol. The first kappa shape index (κ1) is 24.3. The molecule has 1 fully saturated rings. The standard InChI is InChI=1S/C25H27N3O4S2/c1-19(33-24-14-13-23(17-26-24)34(30,31)28-15-5-6-16-28)25(29)27-21-9-11-22(12-10-21)32-18-20-7-3-2-4-8-20/h2-4,7-14,17,19H,5-6,15-16,18H2,1H3,(H,27,29)/t19-/m1/s1. The van der Waals surface area contributed by atoms with Crippen LogP contribution in [0.2, 0.25) is 0 Å². The predicted octanol–water partition coefficient (Wildman–Crippen LogP) is 4.56. The summed E-state index contributed by atoms with van der Waals surface area (Å²) in [7, 11) is -3.49. The highest BCUT2D eigenvalue weighted by Gasteiger charge is 2.27. The lowest BCUT2D eigenvalue weighted by molar-refractivity contribution is -0.115. The molecule has 178 valence electrons. The van der Waals surface area contributed by atoms with Gasteiger partial charge in [0, 0.05) is 25.0 Å². The largest absolute Gasteiger partial charge is 0.489 e. The van der Waals surface area contributed by atoms with Crippen LogP contribution in [0.25, 0.3) is 0 Å². The van der Waals surface area contributed by atoms with Crippen molar-refractivity contribution in [2.75, 3.05) is 18.4 Å². The topological polar surface area (TPSA) is 88.6 Å². The number of carbonyl (C=O) groups is 1. The Morgan fingerprint density at radius 1 is 1.06 bits per heavy atom. The third kappa shape index (κ3) is 6.16. The van der Waals surface area contributed by atoms with Gasteiger partial charge >= 0.3 is 0 Å². The molecular weight excluding hydrogens is 470 g/mol. The van der Waals surface area contributed by atoms with Crippen LogP contribution in [0.1, 0.15) is 25.3 Å². The highest BCUT2D eigenvalue weighted by molar-refractivity contribution is 8.00. The Labute approximate surface area is 204 Å². The molecule has 0 unspecified atom stereocenters. The fourth-order valence-corrected chi connectivity index (χ4v) is 5.77. The van der Waals surface area contributed by atoms with E-state index in [1.165, 1.54) is 22.3 Å².